The molecule has 2 aromatic carbocycles. The van der Waals surface area contributed by atoms with Crippen molar-refractivity contribution in [1.29, 1.82) is 0 Å². The summed E-state index contributed by atoms with van der Waals surface area (Å²) in [5.41, 5.74) is 1.03. The van der Waals surface area contributed by atoms with Crippen LogP contribution in [0, 0.1) is 0 Å². The van der Waals surface area contributed by atoms with E-state index in [-0.39, 0.29) is 11.8 Å². The van der Waals surface area contributed by atoms with Crippen molar-refractivity contribution in [1.82, 2.24) is 10.2 Å². The van der Waals surface area contributed by atoms with Gasteiger partial charge in [0, 0.05) is 18.0 Å². The van der Waals surface area contributed by atoms with Crippen LogP contribution < -0.4 is 5.32 Å². The van der Waals surface area contributed by atoms with Gasteiger partial charge in [-0.15, -0.1) is 11.8 Å². The van der Waals surface area contributed by atoms with Gasteiger partial charge in [-0.1, -0.05) is 68.8 Å². The normalized spacial score (nSPS) is 11.6. The second kappa shape index (κ2) is 12.2. The zero-order valence-electron chi connectivity index (χ0n) is 16.8. The van der Waals surface area contributed by atoms with E-state index in [0.29, 0.717) is 25.3 Å². The number of rotatable bonds is 11. The predicted octanol–water partition coefficient (Wildman–Crippen LogP) is 4.50. The Balaban J connectivity index is 2.12. The average molecular weight is 399 g/mol. The first-order valence-corrected chi connectivity index (χ1v) is 10.9. The van der Waals surface area contributed by atoms with Gasteiger partial charge in [0.05, 0.1) is 5.75 Å². The van der Waals surface area contributed by atoms with Gasteiger partial charge in [0.2, 0.25) is 11.8 Å². The Kier molecular flexibility index (Phi) is 9.63. The molecule has 0 bridgehead atoms. The van der Waals surface area contributed by atoms with E-state index in [2.05, 4.69) is 12.2 Å². The molecule has 0 aliphatic carbocycles. The molecule has 0 aromatic heterocycles. The van der Waals surface area contributed by atoms with Gasteiger partial charge in [0.1, 0.15) is 6.04 Å². The Morgan fingerprint density at radius 2 is 1.64 bits per heavy atom. The zero-order chi connectivity index (χ0) is 20.2. The van der Waals surface area contributed by atoms with Gasteiger partial charge in [-0.25, -0.2) is 0 Å². The van der Waals surface area contributed by atoms with E-state index in [0.717, 1.165) is 23.3 Å². The first-order chi connectivity index (χ1) is 13.7. The second-order valence-corrected chi connectivity index (χ2v) is 7.73. The van der Waals surface area contributed by atoms with E-state index in [1.54, 1.807) is 4.90 Å². The van der Waals surface area contributed by atoms with Crippen molar-refractivity contribution in [2.24, 2.45) is 0 Å². The molecule has 0 radical (unpaired) electrons. The Labute approximate surface area is 172 Å². The highest BCUT2D eigenvalue weighted by molar-refractivity contribution is 8.00. The first kappa shape index (κ1) is 22.0. The quantitative estimate of drug-likeness (QED) is 0.448. The van der Waals surface area contributed by atoms with Crippen LogP contribution in [0.5, 0.6) is 0 Å². The third-order valence-corrected chi connectivity index (χ3v) is 5.51. The summed E-state index contributed by atoms with van der Waals surface area (Å²) in [5.74, 6) is 0.232. The summed E-state index contributed by atoms with van der Waals surface area (Å²) in [6.07, 6.45) is 2.56. The molecule has 0 aliphatic heterocycles. The lowest BCUT2D eigenvalue weighted by atomic mass is 10.1. The summed E-state index contributed by atoms with van der Waals surface area (Å²) >= 11 is 1.51. The smallest absolute Gasteiger partial charge is 0.242 e. The minimum absolute atomic E-state index is 0.0183. The molecule has 1 unspecified atom stereocenters. The van der Waals surface area contributed by atoms with Crippen LogP contribution in [0.3, 0.4) is 0 Å². The lowest BCUT2D eigenvalue weighted by Crippen LogP contribution is -2.49. The highest BCUT2D eigenvalue weighted by Gasteiger charge is 2.28. The number of unbranched alkanes of at least 4 members (excludes halogenated alkanes) is 1. The highest BCUT2D eigenvalue weighted by atomic mass is 32.2. The predicted molar refractivity (Wildman–Crippen MR) is 116 cm³/mol. The fourth-order valence-corrected chi connectivity index (χ4v) is 3.76. The maximum absolute atomic E-state index is 13.1. The molecular formula is C23H30N2O2S. The van der Waals surface area contributed by atoms with Crippen molar-refractivity contribution in [3.63, 3.8) is 0 Å². The maximum atomic E-state index is 13.1. The van der Waals surface area contributed by atoms with Gasteiger partial charge in [-0.3, -0.25) is 9.59 Å². The molecule has 2 aromatic rings. The summed E-state index contributed by atoms with van der Waals surface area (Å²) in [6, 6.07) is 19.3. The molecule has 4 nitrogen and oxygen atoms in total. The van der Waals surface area contributed by atoms with E-state index in [1.807, 2.05) is 67.6 Å². The summed E-state index contributed by atoms with van der Waals surface area (Å²) in [4.78, 5) is 28.6. The number of hydrogen-bond donors (Lipinski definition) is 1. The van der Waals surface area contributed by atoms with Crippen molar-refractivity contribution < 1.29 is 9.59 Å². The van der Waals surface area contributed by atoms with Crippen LogP contribution in [0.4, 0.5) is 0 Å². The van der Waals surface area contributed by atoms with Crippen molar-refractivity contribution in [3.05, 3.63) is 66.2 Å². The average Bonchev–Trinajstić information content (AvgIpc) is 2.73. The molecule has 0 saturated carbocycles. The van der Waals surface area contributed by atoms with E-state index >= 15 is 0 Å². The van der Waals surface area contributed by atoms with Crippen LogP contribution in [-0.4, -0.2) is 35.1 Å². The van der Waals surface area contributed by atoms with E-state index in [1.165, 1.54) is 11.8 Å². The zero-order valence-corrected chi connectivity index (χ0v) is 17.6. The van der Waals surface area contributed by atoms with Crippen LogP contribution in [0.1, 0.15) is 38.7 Å². The van der Waals surface area contributed by atoms with Crippen LogP contribution in [0.15, 0.2) is 65.6 Å². The van der Waals surface area contributed by atoms with Crippen LogP contribution in [0.25, 0.3) is 0 Å². The Morgan fingerprint density at radius 1 is 1.00 bits per heavy atom. The van der Waals surface area contributed by atoms with E-state index in [4.69, 9.17) is 0 Å². The third-order valence-electron chi connectivity index (χ3n) is 4.52. The number of nitrogens with one attached hydrogen (secondary N) is 1. The molecule has 0 fully saturated rings. The van der Waals surface area contributed by atoms with Crippen LogP contribution in [0.2, 0.25) is 0 Å². The fourth-order valence-electron chi connectivity index (χ4n) is 2.95. The van der Waals surface area contributed by atoms with Crippen LogP contribution >= 0.6 is 11.8 Å². The van der Waals surface area contributed by atoms with Crippen molar-refractivity contribution in [2.75, 3.05) is 12.3 Å². The number of thioether (sulfide) groups is 1. The summed E-state index contributed by atoms with van der Waals surface area (Å²) in [6.45, 7) is 5.14. The van der Waals surface area contributed by atoms with E-state index < -0.39 is 6.04 Å². The molecule has 5 heteroatoms. The Hall–Kier alpha value is -2.27. The standard InChI is InChI=1S/C23H30N2O2S/c1-3-5-16-24-23(27)21(4-2)25(17-19-12-8-6-9-13-19)22(26)18-28-20-14-10-7-11-15-20/h6-15,21H,3-5,16-18H2,1-2H3,(H,24,27). The lowest BCUT2D eigenvalue weighted by Gasteiger charge is -2.30. The van der Waals surface area contributed by atoms with Gasteiger partial charge < -0.3 is 10.2 Å². The minimum atomic E-state index is -0.457. The highest BCUT2D eigenvalue weighted by Crippen LogP contribution is 2.20. The van der Waals surface area contributed by atoms with Gasteiger partial charge in [0.25, 0.3) is 0 Å². The van der Waals surface area contributed by atoms with Gasteiger partial charge in [0.15, 0.2) is 0 Å². The molecule has 1 atom stereocenters. The molecule has 0 heterocycles. The molecular weight excluding hydrogens is 368 g/mol. The second-order valence-electron chi connectivity index (χ2n) is 6.68. The topological polar surface area (TPSA) is 49.4 Å². The molecule has 0 saturated heterocycles. The number of amides is 2. The molecule has 2 amide bonds. The number of carbonyl (C=O) groups excluding carboxylic acids is 2. The fraction of sp³-hybridized carbons (Fsp3) is 0.391. The first-order valence-electron chi connectivity index (χ1n) is 9.94. The van der Waals surface area contributed by atoms with Crippen molar-refractivity contribution in [3.8, 4) is 0 Å². The molecule has 0 spiro atoms. The largest absolute Gasteiger partial charge is 0.354 e. The van der Waals surface area contributed by atoms with Crippen LogP contribution in [-0.2, 0) is 16.1 Å². The van der Waals surface area contributed by atoms with Gasteiger partial charge >= 0.3 is 0 Å². The molecule has 28 heavy (non-hydrogen) atoms. The Bertz CT molecular complexity index is 722. The molecule has 0 aliphatic rings. The molecule has 1 N–H and O–H groups in total. The number of hydrogen-bond acceptors (Lipinski definition) is 3. The SMILES string of the molecule is CCCCNC(=O)C(CC)N(Cc1ccccc1)C(=O)CSc1ccccc1. The van der Waals surface area contributed by atoms with E-state index in [9.17, 15) is 9.59 Å². The van der Waals surface area contributed by atoms with Gasteiger partial charge in [-0.2, -0.15) is 0 Å². The molecule has 2 rings (SSSR count). The van der Waals surface area contributed by atoms with Gasteiger partial charge in [-0.05, 0) is 30.5 Å². The van der Waals surface area contributed by atoms with Crippen molar-refractivity contribution >= 4 is 23.6 Å². The lowest BCUT2D eigenvalue weighted by molar-refractivity contribution is -0.139. The maximum Gasteiger partial charge on any atom is 0.242 e. The molecule has 150 valence electrons. The van der Waals surface area contributed by atoms with Crippen molar-refractivity contribution in [2.45, 2.75) is 50.6 Å². The minimum Gasteiger partial charge on any atom is -0.354 e. The third kappa shape index (κ3) is 7.04. The monoisotopic (exact) mass is 398 g/mol. The number of nitrogens with zero attached hydrogens (tertiary/aromatic N) is 1. The summed E-state index contributed by atoms with van der Waals surface area (Å²) in [5, 5.41) is 2.99. The Morgan fingerprint density at radius 3 is 2.25 bits per heavy atom. The number of carbonyl (C=O) groups is 2. The number of benzene rings is 2. The summed E-state index contributed by atoms with van der Waals surface area (Å²) in [7, 11) is 0. The summed E-state index contributed by atoms with van der Waals surface area (Å²) < 4.78 is 0.